The van der Waals surface area contributed by atoms with Crippen LogP contribution in [0.15, 0.2) is 77.7 Å². The molecule has 0 unspecified atom stereocenters. The number of hydrogen-bond acceptors (Lipinski definition) is 5. The monoisotopic (exact) mass is 504 g/mol. The number of para-hydroxylation sites is 3. The number of rotatable bonds is 10. The first-order chi connectivity index (χ1) is 15.8. The van der Waals surface area contributed by atoms with E-state index in [9.17, 15) is 13.2 Å². The largest absolute Gasteiger partial charge is 0.492 e. The Hall–Kier alpha value is -2.68. The molecule has 0 bridgehead atoms. The van der Waals surface area contributed by atoms with Gasteiger partial charge in [-0.15, -0.1) is 11.8 Å². The van der Waals surface area contributed by atoms with Crippen molar-refractivity contribution < 1.29 is 17.9 Å². The van der Waals surface area contributed by atoms with Crippen molar-refractivity contribution in [3.8, 4) is 5.75 Å². The van der Waals surface area contributed by atoms with Crippen LogP contribution in [0.2, 0.25) is 5.02 Å². The standard InChI is InChI=1S/C24H25ClN2O4S2/c1-3-31-22-10-6-5-9-21(22)27(33(2,29)30)16-24(28)26-20-8-4-7-11-23(20)32-17-18-12-14-19(25)15-13-18/h4-15H,3,16-17H2,1-2H3,(H,26,28). The summed E-state index contributed by atoms with van der Waals surface area (Å²) in [5.74, 6) is 0.643. The highest BCUT2D eigenvalue weighted by molar-refractivity contribution is 7.98. The maximum Gasteiger partial charge on any atom is 0.245 e. The van der Waals surface area contributed by atoms with E-state index in [0.29, 0.717) is 34.5 Å². The van der Waals surface area contributed by atoms with Crippen LogP contribution < -0.4 is 14.4 Å². The van der Waals surface area contributed by atoms with E-state index >= 15 is 0 Å². The second-order valence-electron chi connectivity index (χ2n) is 7.13. The molecule has 0 spiro atoms. The van der Waals surface area contributed by atoms with Gasteiger partial charge in [0.2, 0.25) is 15.9 Å². The zero-order valence-corrected chi connectivity index (χ0v) is 20.7. The smallest absolute Gasteiger partial charge is 0.245 e. The van der Waals surface area contributed by atoms with Crippen molar-refractivity contribution in [3.63, 3.8) is 0 Å². The van der Waals surface area contributed by atoms with Gasteiger partial charge < -0.3 is 10.1 Å². The summed E-state index contributed by atoms with van der Waals surface area (Å²) in [4.78, 5) is 13.8. The molecule has 0 saturated carbocycles. The average Bonchev–Trinajstić information content (AvgIpc) is 2.78. The number of thioether (sulfide) groups is 1. The third kappa shape index (κ3) is 7.15. The Kier molecular flexibility index (Phi) is 8.66. The summed E-state index contributed by atoms with van der Waals surface area (Å²) >= 11 is 7.52. The van der Waals surface area contributed by atoms with Crippen LogP contribution in [0.1, 0.15) is 12.5 Å². The van der Waals surface area contributed by atoms with Crippen LogP contribution in [-0.4, -0.2) is 33.7 Å². The van der Waals surface area contributed by atoms with Crippen LogP contribution in [0.5, 0.6) is 5.75 Å². The third-order valence-corrected chi connectivity index (χ3v) is 7.11. The first kappa shape index (κ1) is 25.0. The number of nitrogens with zero attached hydrogens (tertiary/aromatic N) is 1. The van der Waals surface area contributed by atoms with Crippen LogP contribution in [-0.2, 0) is 20.6 Å². The van der Waals surface area contributed by atoms with Gasteiger partial charge in [-0.25, -0.2) is 8.42 Å². The molecule has 3 aromatic carbocycles. The number of carbonyl (C=O) groups excluding carboxylic acids is 1. The zero-order valence-electron chi connectivity index (χ0n) is 18.3. The van der Waals surface area contributed by atoms with E-state index in [1.54, 1.807) is 42.1 Å². The molecule has 0 aliphatic heterocycles. The van der Waals surface area contributed by atoms with Crippen molar-refractivity contribution in [1.82, 2.24) is 0 Å². The molecule has 0 radical (unpaired) electrons. The highest BCUT2D eigenvalue weighted by Gasteiger charge is 2.24. The number of sulfonamides is 1. The van der Waals surface area contributed by atoms with Crippen molar-refractivity contribution >= 4 is 50.7 Å². The van der Waals surface area contributed by atoms with Crippen molar-refractivity contribution in [2.75, 3.05) is 29.0 Å². The second kappa shape index (κ2) is 11.4. The lowest BCUT2D eigenvalue weighted by atomic mass is 10.2. The molecule has 6 nitrogen and oxygen atoms in total. The summed E-state index contributed by atoms with van der Waals surface area (Å²) in [6, 6.07) is 21.8. The Labute approximate surface area is 204 Å². The molecular weight excluding hydrogens is 480 g/mol. The summed E-state index contributed by atoms with van der Waals surface area (Å²) in [6.07, 6.45) is 1.07. The fourth-order valence-electron chi connectivity index (χ4n) is 3.08. The average molecular weight is 505 g/mol. The second-order valence-corrected chi connectivity index (χ2v) is 10.5. The third-order valence-electron chi connectivity index (χ3n) is 4.59. The van der Waals surface area contributed by atoms with Gasteiger partial charge in [0.15, 0.2) is 0 Å². The van der Waals surface area contributed by atoms with Crippen LogP contribution in [0.3, 0.4) is 0 Å². The summed E-state index contributed by atoms with van der Waals surface area (Å²) in [6.45, 7) is 1.81. The van der Waals surface area contributed by atoms with Crippen LogP contribution in [0.25, 0.3) is 0 Å². The van der Waals surface area contributed by atoms with Gasteiger partial charge in [-0.2, -0.15) is 0 Å². The summed E-state index contributed by atoms with van der Waals surface area (Å²) in [7, 11) is -3.73. The van der Waals surface area contributed by atoms with Gasteiger partial charge in [0.05, 0.1) is 24.2 Å². The van der Waals surface area contributed by atoms with E-state index in [1.165, 1.54) is 0 Å². The van der Waals surface area contributed by atoms with Gasteiger partial charge in [-0.1, -0.05) is 48.0 Å². The maximum atomic E-state index is 12.9. The fourth-order valence-corrected chi connectivity index (χ4v) is 5.03. The molecule has 33 heavy (non-hydrogen) atoms. The van der Waals surface area contributed by atoms with Gasteiger partial charge in [-0.3, -0.25) is 9.10 Å². The minimum Gasteiger partial charge on any atom is -0.492 e. The molecule has 0 atom stereocenters. The van der Waals surface area contributed by atoms with E-state index in [2.05, 4.69) is 5.32 Å². The quantitative estimate of drug-likeness (QED) is 0.372. The molecule has 3 rings (SSSR count). The Morgan fingerprint density at radius 2 is 1.70 bits per heavy atom. The molecule has 0 heterocycles. The molecule has 0 saturated heterocycles. The molecule has 0 aromatic heterocycles. The number of hydrogen-bond donors (Lipinski definition) is 1. The van der Waals surface area contributed by atoms with E-state index in [4.69, 9.17) is 16.3 Å². The minimum absolute atomic E-state index is 0.322. The predicted molar refractivity (Wildman–Crippen MR) is 136 cm³/mol. The van der Waals surface area contributed by atoms with Crippen molar-refractivity contribution in [2.24, 2.45) is 0 Å². The molecule has 0 aliphatic rings. The molecule has 3 aromatic rings. The minimum atomic E-state index is -3.73. The Bertz CT molecular complexity index is 1200. The number of nitrogens with one attached hydrogen (secondary N) is 1. The van der Waals surface area contributed by atoms with E-state index in [1.807, 2.05) is 49.4 Å². The zero-order chi connectivity index (χ0) is 23.8. The molecule has 1 amide bonds. The molecule has 9 heteroatoms. The number of anilines is 2. The van der Waals surface area contributed by atoms with Gasteiger partial charge in [0, 0.05) is 15.7 Å². The lowest BCUT2D eigenvalue weighted by Crippen LogP contribution is -2.37. The number of halogens is 1. The van der Waals surface area contributed by atoms with Gasteiger partial charge in [0.25, 0.3) is 0 Å². The fraction of sp³-hybridized carbons (Fsp3) is 0.208. The van der Waals surface area contributed by atoms with Crippen LogP contribution >= 0.6 is 23.4 Å². The first-order valence-electron chi connectivity index (χ1n) is 10.2. The van der Waals surface area contributed by atoms with Crippen LogP contribution in [0.4, 0.5) is 11.4 Å². The number of carbonyl (C=O) groups is 1. The lowest BCUT2D eigenvalue weighted by molar-refractivity contribution is -0.114. The molecular formula is C24H25ClN2O4S2. The van der Waals surface area contributed by atoms with Gasteiger partial charge in [-0.05, 0) is 48.9 Å². The van der Waals surface area contributed by atoms with E-state index in [0.717, 1.165) is 21.0 Å². The predicted octanol–water partition coefficient (Wildman–Crippen LogP) is 5.44. The Morgan fingerprint density at radius 1 is 1.03 bits per heavy atom. The lowest BCUT2D eigenvalue weighted by Gasteiger charge is -2.24. The van der Waals surface area contributed by atoms with Crippen molar-refractivity contribution in [2.45, 2.75) is 17.6 Å². The first-order valence-corrected chi connectivity index (χ1v) is 13.4. The van der Waals surface area contributed by atoms with Crippen molar-refractivity contribution in [3.05, 3.63) is 83.4 Å². The van der Waals surface area contributed by atoms with E-state index < -0.39 is 15.9 Å². The molecule has 0 fully saturated rings. The summed E-state index contributed by atoms with van der Waals surface area (Å²) < 4.78 is 31.6. The molecule has 174 valence electrons. The number of benzene rings is 3. The highest BCUT2D eigenvalue weighted by atomic mass is 35.5. The molecule has 1 N–H and O–H groups in total. The van der Waals surface area contributed by atoms with E-state index in [-0.39, 0.29) is 6.54 Å². The Balaban J connectivity index is 1.76. The number of ether oxygens (including phenoxy) is 1. The summed E-state index contributed by atoms with van der Waals surface area (Å²) in [5, 5.41) is 3.53. The SMILES string of the molecule is CCOc1ccccc1N(CC(=O)Nc1ccccc1SCc1ccc(Cl)cc1)S(C)(=O)=O. The Morgan fingerprint density at radius 3 is 2.39 bits per heavy atom. The van der Waals surface area contributed by atoms with Gasteiger partial charge in [0.1, 0.15) is 12.3 Å². The molecule has 0 aliphatic carbocycles. The highest BCUT2D eigenvalue weighted by Crippen LogP contribution is 2.32. The number of amides is 1. The van der Waals surface area contributed by atoms with Crippen molar-refractivity contribution in [1.29, 1.82) is 0 Å². The van der Waals surface area contributed by atoms with Gasteiger partial charge >= 0.3 is 0 Å². The maximum absolute atomic E-state index is 12.9. The normalized spacial score (nSPS) is 11.1. The van der Waals surface area contributed by atoms with Crippen LogP contribution in [0, 0.1) is 0 Å². The topological polar surface area (TPSA) is 75.7 Å². The summed E-state index contributed by atoms with van der Waals surface area (Å²) in [5.41, 5.74) is 2.04.